The molecule has 0 saturated heterocycles. The largest absolute Gasteiger partial charge is 0.467 e. The summed E-state index contributed by atoms with van der Waals surface area (Å²) in [5.74, 6) is -0.578. The number of carbonyl (C=O) groups excluding carboxylic acids is 1. The van der Waals surface area contributed by atoms with Gasteiger partial charge in [0.25, 0.3) is 5.91 Å². The molecule has 0 bridgehead atoms. The number of aromatic nitrogens is 4. The lowest BCUT2D eigenvalue weighted by molar-refractivity contribution is -0.154. The Morgan fingerprint density at radius 1 is 1.10 bits per heavy atom. The van der Waals surface area contributed by atoms with Crippen LogP contribution in [0.4, 0.5) is 30.4 Å². The number of ether oxygens (including phenoxy) is 1. The minimum atomic E-state index is -4.49. The van der Waals surface area contributed by atoms with E-state index in [4.69, 9.17) is 5.73 Å². The quantitative estimate of drug-likeness (QED) is 0.533. The zero-order valence-corrected chi connectivity index (χ0v) is 15.3. The maximum Gasteiger partial charge on any atom is 0.422 e. The molecule has 12 heteroatoms. The average Bonchev–Trinajstić information content (AvgIpc) is 2.72. The van der Waals surface area contributed by atoms with Gasteiger partial charge in [0, 0.05) is 18.1 Å². The summed E-state index contributed by atoms with van der Waals surface area (Å²) in [6.07, 6.45) is 0.566. The Morgan fingerprint density at radius 3 is 2.63 bits per heavy atom. The van der Waals surface area contributed by atoms with Gasteiger partial charge in [0.15, 0.2) is 6.61 Å². The lowest BCUT2D eigenvalue weighted by atomic mass is 10.3. The number of halogens is 3. The molecule has 0 unspecified atom stereocenters. The Balaban J connectivity index is 1.59. The second kappa shape index (κ2) is 9.03. The maximum absolute atomic E-state index is 12.3. The summed E-state index contributed by atoms with van der Waals surface area (Å²) < 4.78 is 40.9. The molecule has 3 heterocycles. The highest BCUT2D eigenvalue weighted by Crippen LogP contribution is 2.17. The summed E-state index contributed by atoms with van der Waals surface area (Å²) in [6, 6.07) is 6.73. The molecule has 0 spiro atoms. The molecule has 30 heavy (non-hydrogen) atoms. The van der Waals surface area contributed by atoms with Crippen LogP contribution in [0.25, 0.3) is 0 Å². The van der Waals surface area contributed by atoms with Crippen LogP contribution in [0.2, 0.25) is 0 Å². The minimum absolute atomic E-state index is 0.0889. The van der Waals surface area contributed by atoms with Gasteiger partial charge in [-0.2, -0.15) is 13.2 Å². The first kappa shape index (κ1) is 20.8. The number of anilines is 3. The number of pyridine rings is 2. The zero-order valence-electron chi connectivity index (χ0n) is 15.3. The average molecular weight is 419 g/mol. The molecule has 156 valence electrons. The molecule has 0 aliphatic heterocycles. The van der Waals surface area contributed by atoms with Crippen molar-refractivity contribution in [2.45, 2.75) is 12.7 Å². The molecular weight excluding hydrogens is 403 g/mol. The van der Waals surface area contributed by atoms with Crippen molar-refractivity contribution in [2.75, 3.05) is 23.0 Å². The Labute approximate surface area is 168 Å². The van der Waals surface area contributed by atoms with E-state index in [1.54, 1.807) is 30.5 Å². The number of hydrogen-bond acceptors (Lipinski definition) is 8. The summed E-state index contributed by atoms with van der Waals surface area (Å²) in [5.41, 5.74) is 7.40. The molecule has 3 aromatic heterocycles. The molecule has 0 aliphatic rings. The van der Waals surface area contributed by atoms with Crippen LogP contribution in [0.1, 0.15) is 16.2 Å². The van der Waals surface area contributed by atoms with Crippen molar-refractivity contribution in [1.82, 2.24) is 19.9 Å². The molecule has 0 aromatic carbocycles. The Morgan fingerprint density at radius 2 is 1.93 bits per heavy atom. The Bertz CT molecular complexity index is 1010. The van der Waals surface area contributed by atoms with Gasteiger partial charge in [0.2, 0.25) is 5.88 Å². The second-order valence-electron chi connectivity index (χ2n) is 5.92. The van der Waals surface area contributed by atoms with Crippen molar-refractivity contribution in [3.63, 3.8) is 0 Å². The normalized spacial score (nSPS) is 11.0. The smallest absolute Gasteiger partial charge is 0.422 e. The first-order chi connectivity index (χ1) is 14.3. The number of nitrogen functional groups attached to an aromatic ring is 1. The molecule has 0 aliphatic carbocycles. The van der Waals surface area contributed by atoms with E-state index in [2.05, 4.69) is 35.3 Å². The SMILES string of the molecule is Nc1ncccc1NCc1cc(NC(=O)c2cnc(OCC(F)(F)F)cn2)ccn1. The number of rotatable bonds is 7. The van der Waals surface area contributed by atoms with Crippen LogP contribution >= 0.6 is 0 Å². The van der Waals surface area contributed by atoms with Gasteiger partial charge in [-0.05, 0) is 24.3 Å². The van der Waals surface area contributed by atoms with E-state index in [1.165, 1.54) is 6.20 Å². The van der Waals surface area contributed by atoms with E-state index in [0.717, 1.165) is 12.4 Å². The van der Waals surface area contributed by atoms with Gasteiger partial charge in [-0.25, -0.2) is 15.0 Å². The van der Waals surface area contributed by atoms with E-state index < -0.39 is 18.7 Å². The van der Waals surface area contributed by atoms with E-state index in [-0.39, 0.29) is 11.6 Å². The van der Waals surface area contributed by atoms with E-state index >= 15 is 0 Å². The van der Waals surface area contributed by atoms with Crippen molar-refractivity contribution in [3.8, 4) is 5.88 Å². The van der Waals surface area contributed by atoms with E-state index in [1.807, 2.05) is 0 Å². The third kappa shape index (κ3) is 6.02. The number of alkyl halides is 3. The van der Waals surface area contributed by atoms with Crippen molar-refractivity contribution in [2.24, 2.45) is 0 Å². The topological polar surface area (TPSA) is 128 Å². The maximum atomic E-state index is 12.3. The third-order valence-electron chi connectivity index (χ3n) is 3.62. The highest BCUT2D eigenvalue weighted by molar-refractivity contribution is 6.02. The standard InChI is InChI=1S/C18H16F3N7O2/c19-18(20,21)10-30-15-9-26-14(8-27-15)17(29)28-11-3-5-23-12(6-11)7-25-13-2-1-4-24-16(13)22/h1-6,8-9,25H,7,10H2,(H2,22,24)(H,23,28,29). The van der Waals surface area contributed by atoms with Crippen LogP contribution < -0.4 is 21.1 Å². The third-order valence-corrected chi connectivity index (χ3v) is 3.62. The fourth-order valence-electron chi connectivity index (χ4n) is 2.26. The molecule has 0 radical (unpaired) electrons. The number of nitrogens with two attached hydrogens (primary N) is 1. The van der Waals surface area contributed by atoms with Crippen LogP contribution in [-0.2, 0) is 6.54 Å². The van der Waals surface area contributed by atoms with E-state index in [9.17, 15) is 18.0 Å². The molecule has 0 atom stereocenters. The van der Waals surface area contributed by atoms with E-state index in [0.29, 0.717) is 29.4 Å². The molecule has 0 saturated carbocycles. The lowest BCUT2D eigenvalue weighted by Gasteiger charge is -2.10. The predicted octanol–water partition coefficient (Wildman–Crippen LogP) is 2.65. The molecule has 0 fully saturated rings. The van der Waals surface area contributed by atoms with Crippen molar-refractivity contribution >= 4 is 23.1 Å². The van der Waals surface area contributed by atoms with Gasteiger partial charge in [0.05, 0.1) is 30.3 Å². The summed E-state index contributed by atoms with van der Waals surface area (Å²) in [6.45, 7) is -1.16. The monoisotopic (exact) mass is 419 g/mol. The fourth-order valence-corrected chi connectivity index (χ4v) is 2.26. The van der Waals surface area contributed by atoms with Crippen LogP contribution in [0.15, 0.2) is 49.1 Å². The fraction of sp³-hybridized carbons (Fsp3) is 0.167. The predicted molar refractivity (Wildman–Crippen MR) is 102 cm³/mol. The first-order valence-electron chi connectivity index (χ1n) is 8.52. The van der Waals surface area contributed by atoms with Crippen molar-refractivity contribution in [3.05, 3.63) is 60.4 Å². The van der Waals surface area contributed by atoms with Crippen LogP contribution in [0, 0.1) is 0 Å². The van der Waals surface area contributed by atoms with Gasteiger partial charge >= 0.3 is 6.18 Å². The van der Waals surface area contributed by atoms with Gasteiger partial charge < -0.3 is 21.1 Å². The van der Waals surface area contributed by atoms with Crippen molar-refractivity contribution < 1.29 is 22.7 Å². The number of amides is 1. The highest BCUT2D eigenvalue weighted by Gasteiger charge is 2.28. The van der Waals surface area contributed by atoms with Gasteiger partial charge in [-0.15, -0.1) is 0 Å². The molecule has 3 aromatic rings. The summed E-state index contributed by atoms with van der Waals surface area (Å²) in [5, 5.41) is 5.71. The van der Waals surface area contributed by atoms with Gasteiger partial charge in [-0.1, -0.05) is 0 Å². The van der Waals surface area contributed by atoms with Crippen LogP contribution in [-0.4, -0.2) is 38.6 Å². The summed E-state index contributed by atoms with van der Waals surface area (Å²) in [4.78, 5) is 27.9. The minimum Gasteiger partial charge on any atom is -0.467 e. The van der Waals surface area contributed by atoms with Gasteiger partial charge in [0.1, 0.15) is 11.5 Å². The molecular formula is C18H16F3N7O2. The zero-order chi connectivity index (χ0) is 21.6. The van der Waals surface area contributed by atoms with Crippen molar-refractivity contribution in [1.29, 1.82) is 0 Å². The molecule has 4 N–H and O–H groups in total. The second-order valence-corrected chi connectivity index (χ2v) is 5.92. The Hall–Kier alpha value is -3.96. The number of nitrogens with one attached hydrogen (secondary N) is 2. The number of nitrogens with zero attached hydrogens (tertiary/aromatic N) is 4. The number of carbonyl (C=O) groups is 1. The van der Waals surface area contributed by atoms with Gasteiger partial charge in [-0.3, -0.25) is 9.78 Å². The lowest BCUT2D eigenvalue weighted by Crippen LogP contribution is -2.20. The summed E-state index contributed by atoms with van der Waals surface area (Å²) in [7, 11) is 0. The van der Waals surface area contributed by atoms with Crippen LogP contribution in [0.3, 0.4) is 0 Å². The molecule has 3 rings (SSSR count). The number of hydrogen-bond donors (Lipinski definition) is 3. The molecule has 9 nitrogen and oxygen atoms in total. The van der Waals surface area contributed by atoms with Crippen LogP contribution in [0.5, 0.6) is 5.88 Å². The summed E-state index contributed by atoms with van der Waals surface area (Å²) >= 11 is 0. The Kier molecular flexibility index (Phi) is 6.25. The molecule has 1 amide bonds. The highest BCUT2D eigenvalue weighted by atomic mass is 19.4. The first-order valence-corrected chi connectivity index (χ1v) is 8.52.